The third-order valence-corrected chi connectivity index (χ3v) is 5.57. The summed E-state index contributed by atoms with van der Waals surface area (Å²) in [6.45, 7) is 5.35. The predicted molar refractivity (Wildman–Crippen MR) is 93.9 cm³/mol. The smallest absolute Gasteiger partial charge is 0.305 e. The summed E-state index contributed by atoms with van der Waals surface area (Å²) in [5, 5.41) is 0.668. The molecule has 0 saturated carbocycles. The monoisotopic (exact) mass is 326 g/mol. The van der Waals surface area contributed by atoms with E-state index in [1.165, 1.54) is 25.7 Å². The van der Waals surface area contributed by atoms with Crippen molar-refractivity contribution in [3.8, 4) is 0 Å². The van der Waals surface area contributed by atoms with Gasteiger partial charge in [0.2, 0.25) is 0 Å². The molecule has 0 unspecified atom stereocenters. The van der Waals surface area contributed by atoms with Crippen molar-refractivity contribution >= 4 is 12.9 Å². The molecule has 0 atom stereocenters. The fourth-order valence-corrected chi connectivity index (χ4v) is 3.87. The van der Waals surface area contributed by atoms with E-state index in [1.807, 2.05) is 30.3 Å². The van der Waals surface area contributed by atoms with Crippen LogP contribution in [-0.4, -0.2) is 13.2 Å². The largest absolute Gasteiger partial charge is 0.361 e. The Morgan fingerprint density at radius 3 is 1.73 bits per heavy atom. The van der Waals surface area contributed by atoms with E-state index in [0.29, 0.717) is 18.5 Å². The second-order valence-corrected chi connectivity index (χ2v) is 7.65. The summed E-state index contributed by atoms with van der Waals surface area (Å²) in [6.07, 6.45) is 8.85. The first kappa shape index (κ1) is 19.4. The Kier molecular flexibility index (Phi) is 10.5. The Morgan fingerprint density at radius 1 is 0.773 bits per heavy atom. The molecule has 0 radical (unpaired) electrons. The lowest BCUT2D eigenvalue weighted by atomic mass is 10.2. The molecule has 0 aromatic heterocycles. The third kappa shape index (κ3) is 7.58. The van der Waals surface area contributed by atoms with Crippen LogP contribution in [0.4, 0.5) is 0 Å². The van der Waals surface area contributed by atoms with Crippen molar-refractivity contribution in [2.75, 3.05) is 13.2 Å². The Bertz CT molecular complexity index is 402. The van der Waals surface area contributed by atoms with Crippen LogP contribution >= 0.6 is 7.60 Å². The Balaban J connectivity index is 2.51. The molecule has 1 aromatic carbocycles. The Hall–Kier alpha value is -0.630. The van der Waals surface area contributed by atoms with Crippen LogP contribution in [0.2, 0.25) is 0 Å². The van der Waals surface area contributed by atoms with Crippen molar-refractivity contribution in [3.05, 3.63) is 30.3 Å². The molecule has 0 spiro atoms. The van der Waals surface area contributed by atoms with E-state index in [4.69, 9.17) is 9.05 Å². The minimum Gasteiger partial charge on any atom is -0.305 e. The molecule has 1 rings (SSSR count). The molecule has 1 aromatic rings. The van der Waals surface area contributed by atoms with Crippen LogP contribution in [0.3, 0.4) is 0 Å². The van der Waals surface area contributed by atoms with Crippen LogP contribution in [0.1, 0.15) is 65.2 Å². The van der Waals surface area contributed by atoms with E-state index in [2.05, 4.69) is 13.8 Å². The number of hydrogen-bond acceptors (Lipinski definition) is 3. The first-order chi connectivity index (χ1) is 10.7. The summed E-state index contributed by atoms with van der Waals surface area (Å²) in [5.74, 6) is 0. The fourth-order valence-electron chi connectivity index (χ4n) is 2.22. The van der Waals surface area contributed by atoms with Gasteiger partial charge in [-0.1, -0.05) is 70.6 Å². The highest BCUT2D eigenvalue weighted by Gasteiger charge is 2.26. The van der Waals surface area contributed by atoms with Gasteiger partial charge in [0.15, 0.2) is 0 Å². The lowest BCUT2D eigenvalue weighted by molar-refractivity contribution is 0.206. The minimum atomic E-state index is -3.17. The van der Waals surface area contributed by atoms with Gasteiger partial charge < -0.3 is 9.05 Å². The quantitative estimate of drug-likeness (QED) is 0.344. The van der Waals surface area contributed by atoms with Crippen molar-refractivity contribution in [2.24, 2.45) is 0 Å². The number of hydrogen-bond donors (Lipinski definition) is 0. The molecule has 0 saturated heterocycles. The number of benzene rings is 1. The molecule has 4 heteroatoms. The van der Waals surface area contributed by atoms with Crippen LogP contribution < -0.4 is 5.30 Å². The highest BCUT2D eigenvalue weighted by molar-refractivity contribution is 7.62. The molecule has 0 heterocycles. The summed E-state index contributed by atoms with van der Waals surface area (Å²) < 4.78 is 24.4. The van der Waals surface area contributed by atoms with Gasteiger partial charge in [-0.15, -0.1) is 0 Å². The molecular weight excluding hydrogens is 295 g/mol. The molecule has 0 amide bonds. The van der Waals surface area contributed by atoms with E-state index < -0.39 is 7.60 Å². The second-order valence-electron chi connectivity index (χ2n) is 5.62. The summed E-state index contributed by atoms with van der Waals surface area (Å²) in [6, 6.07) is 9.33. The van der Waals surface area contributed by atoms with Crippen molar-refractivity contribution in [2.45, 2.75) is 65.2 Å². The van der Waals surface area contributed by atoms with Crippen molar-refractivity contribution in [3.63, 3.8) is 0 Å². The zero-order valence-corrected chi connectivity index (χ0v) is 15.0. The van der Waals surface area contributed by atoms with Gasteiger partial charge in [-0.2, -0.15) is 0 Å². The molecule has 0 aliphatic carbocycles. The van der Waals surface area contributed by atoms with Crippen LogP contribution in [0.25, 0.3) is 0 Å². The molecule has 0 bridgehead atoms. The molecule has 0 N–H and O–H groups in total. The average Bonchev–Trinajstić information content (AvgIpc) is 2.55. The SMILES string of the molecule is CCCCCCOP(=O)(OCCCCCC)c1ccccc1. The maximum atomic E-state index is 13.0. The van der Waals surface area contributed by atoms with Crippen molar-refractivity contribution in [1.29, 1.82) is 0 Å². The zero-order chi connectivity index (χ0) is 16.1. The van der Waals surface area contributed by atoms with Crippen LogP contribution in [0, 0.1) is 0 Å². The summed E-state index contributed by atoms with van der Waals surface area (Å²) >= 11 is 0. The van der Waals surface area contributed by atoms with Gasteiger partial charge in [0.25, 0.3) is 0 Å². The van der Waals surface area contributed by atoms with Gasteiger partial charge in [-0.3, -0.25) is 4.57 Å². The maximum Gasteiger partial charge on any atom is 0.361 e. The first-order valence-corrected chi connectivity index (χ1v) is 10.2. The van der Waals surface area contributed by atoms with Crippen LogP contribution in [-0.2, 0) is 13.6 Å². The lowest BCUT2D eigenvalue weighted by Gasteiger charge is -2.19. The molecule has 0 aliphatic heterocycles. The molecule has 3 nitrogen and oxygen atoms in total. The predicted octanol–water partition coefficient (Wildman–Crippen LogP) is 5.70. The third-order valence-electron chi connectivity index (χ3n) is 3.59. The lowest BCUT2D eigenvalue weighted by Crippen LogP contribution is -2.11. The molecule has 22 heavy (non-hydrogen) atoms. The van der Waals surface area contributed by atoms with E-state index in [1.54, 1.807) is 0 Å². The highest BCUT2D eigenvalue weighted by atomic mass is 31.2. The van der Waals surface area contributed by atoms with E-state index >= 15 is 0 Å². The topological polar surface area (TPSA) is 35.5 Å². The minimum absolute atomic E-state index is 0.501. The van der Waals surface area contributed by atoms with E-state index in [9.17, 15) is 4.57 Å². The molecule has 126 valence electrons. The van der Waals surface area contributed by atoms with E-state index in [-0.39, 0.29) is 0 Å². The van der Waals surface area contributed by atoms with Crippen LogP contribution in [0.5, 0.6) is 0 Å². The summed E-state index contributed by atoms with van der Waals surface area (Å²) in [7, 11) is -3.17. The Labute approximate surface area is 136 Å². The van der Waals surface area contributed by atoms with Gasteiger partial charge in [0, 0.05) is 0 Å². The number of unbranched alkanes of at least 4 members (excludes halogenated alkanes) is 6. The van der Waals surface area contributed by atoms with E-state index in [0.717, 1.165) is 25.7 Å². The summed E-state index contributed by atoms with van der Waals surface area (Å²) in [4.78, 5) is 0. The van der Waals surface area contributed by atoms with Crippen LogP contribution in [0.15, 0.2) is 30.3 Å². The van der Waals surface area contributed by atoms with Gasteiger partial charge >= 0.3 is 7.60 Å². The van der Waals surface area contributed by atoms with Gasteiger partial charge in [0.1, 0.15) is 0 Å². The van der Waals surface area contributed by atoms with Gasteiger partial charge in [-0.05, 0) is 25.0 Å². The standard InChI is InChI=1S/C18H31O3P/c1-3-5-7-12-16-20-22(19,18-14-10-9-11-15-18)21-17-13-8-6-4-2/h9-11,14-15H,3-8,12-13,16-17H2,1-2H3. The fraction of sp³-hybridized carbons (Fsp3) is 0.667. The molecule has 0 aliphatic rings. The number of rotatable bonds is 13. The van der Waals surface area contributed by atoms with Gasteiger partial charge in [0.05, 0.1) is 18.5 Å². The van der Waals surface area contributed by atoms with Crippen molar-refractivity contribution < 1.29 is 13.6 Å². The van der Waals surface area contributed by atoms with Crippen molar-refractivity contribution in [1.82, 2.24) is 0 Å². The van der Waals surface area contributed by atoms with Gasteiger partial charge in [-0.25, -0.2) is 0 Å². The average molecular weight is 326 g/mol. The molecule has 0 fully saturated rings. The summed E-state index contributed by atoms with van der Waals surface area (Å²) in [5.41, 5.74) is 0. The Morgan fingerprint density at radius 2 is 1.27 bits per heavy atom. The zero-order valence-electron chi connectivity index (χ0n) is 14.1. The molecular formula is C18H31O3P. The second kappa shape index (κ2) is 11.9. The normalized spacial score (nSPS) is 11.7. The maximum absolute atomic E-state index is 13.0. The first-order valence-electron chi connectivity index (χ1n) is 8.67. The highest BCUT2D eigenvalue weighted by Crippen LogP contribution is 2.47.